The Bertz CT molecular complexity index is 288. The first-order chi connectivity index (χ1) is 10.2. The number of rotatable bonds is 9. The van der Waals surface area contributed by atoms with Crippen molar-refractivity contribution in [2.24, 2.45) is 5.92 Å². The van der Waals surface area contributed by atoms with Gasteiger partial charge in [0, 0.05) is 19.8 Å². The van der Waals surface area contributed by atoms with Crippen molar-refractivity contribution in [2.45, 2.75) is 77.2 Å². The van der Waals surface area contributed by atoms with Crippen LogP contribution in [-0.4, -0.2) is 44.3 Å². The Hall–Kier alpha value is -0.160. The van der Waals surface area contributed by atoms with Gasteiger partial charge in [0.05, 0.1) is 11.6 Å². The van der Waals surface area contributed by atoms with Crippen LogP contribution < -0.4 is 5.32 Å². The normalized spacial score (nSPS) is 26.0. The number of nitrogens with one attached hydrogen (secondary N) is 1. The molecule has 124 valence electrons. The molecule has 2 fully saturated rings. The molecule has 0 amide bonds. The van der Waals surface area contributed by atoms with Gasteiger partial charge in [-0.25, -0.2) is 0 Å². The molecule has 2 rings (SSSR count). The molecule has 1 heterocycles. The van der Waals surface area contributed by atoms with E-state index in [-0.39, 0.29) is 17.9 Å². The molecule has 1 saturated heterocycles. The number of hydrogen-bond donors (Lipinski definition) is 1. The molecule has 0 radical (unpaired) electrons. The van der Waals surface area contributed by atoms with Gasteiger partial charge in [-0.15, -0.1) is 0 Å². The van der Waals surface area contributed by atoms with Gasteiger partial charge in [0.2, 0.25) is 0 Å². The van der Waals surface area contributed by atoms with Crippen molar-refractivity contribution in [2.75, 3.05) is 26.4 Å². The Morgan fingerprint density at radius 2 is 1.90 bits per heavy atom. The highest BCUT2D eigenvalue weighted by molar-refractivity contribution is 4.97. The summed E-state index contributed by atoms with van der Waals surface area (Å²) in [6.07, 6.45) is 7.06. The van der Waals surface area contributed by atoms with Gasteiger partial charge in [-0.1, -0.05) is 6.92 Å². The zero-order valence-electron chi connectivity index (χ0n) is 14.0. The standard InChI is InChI=1S/C17H33NO3/c1-4-11-18-15(16(19-5-2)20-6-3)14-8-12-21-17(13-14)9-7-10-17/h14-16,18H,4-13H2,1-3H3. The van der Waals surface area contributed by atoms with Crippen LogP contribution >= 0.6 is 0 Å². The lowest BCUT2D eigenvalue weighted by atomic mass is 9.70. The fourth-order valence-electron chi connectivity index (χ4n) is 3.67. The molecule has 4 heteroatoms. The minimum atomic E-state index is -0.133. The van der Waals surface area contributed by atoms with E-state index >= 15 is 0 Å². The zero-order valence-corrected chi connectivity index (χ0v) is 14.0. The second-order valence-corrected chi connectivity index (χ2v) is 6.40. The zero-order chi connectivity index (χ0) is 15.1. The Morgan fingerprint density at radius 1 is 1.19 bits per heavy atom. The highest BCUT2D eigenvalue weighted by Crippen LogP contribution is 2.45. The topological polar surface area (TPSA) is 39.7 Å². The van der Waals surface area contributed by atoms with E-state index in [9.17, 15) is 0 Å². The maximum Gasteiger partial charge on any atom is 0.172 e. The predicted molar refractivity (Wildman–Crippen MR) is 84.4 cm³/mol. The molecule has 1 saturated carbocycles. The Labute approximate surface area is 129 Å². The molecule has 1 spiro atoms. The summed E-state index contributed by atoms with van der Waals surface area (Å²) in [6.45, 7) is 9.59. The first kappa shape index (κ1) is 17.2. The van der Waals surface area contributed by atoms with Crippen LogP contribution in [0, 0.1) is 5.92 Å². The second kappa shape index (κ2) is 8.47. The summed E-state index contributed by atoms with van der Waals surface area (Å²) in [5, 5.41) is 3.69. The van der Waals surface area contributed by atoms with Crippen LogP contribution in [-0.2, 0) is 14.2 Å². The molecule has 0 bridgehead atoms. The lowest BCUT2D eigenvalue weighted by Gasteiger charge is -2.49. The smallest absolute Gasteiger partial charge is 0.172 e. The fourth-order valence-corrected chi connectivity index (χ4v) is 3.67. The fraction of sp³-hybridized carbons (Fsp3) is 1.00. The lowest BCUT2D eigenvalue weighted by molar-refractivity contribution is -0.190. The van der Waals surface area contributed by atoms with Crippen LogP contribution in [0.5, 0.6) is 0 Å². The quantitative estimate of drug-likeness (QED) is 0.664. The summed E-state index contributed by atoms with van der Waals surface area (Å²) in [5.41, 5.74) is 0.179. The molecular weight excluding hydrogens is 266 g/mol. The SMILES string of the molecule is CCCNC(C1CCOC2(CCC2)C1)C(OCC)OCC. The van der Waals surface area contributed by atoms with Gasteiger partial charge in [0.1, 0.15) is 0 Å². The maximum atomic E-state index is 6.08. The van der Waals surface area contributed by atoms with Crippen molar-refractivity contribution in [3.8, 4) is 0 Å². The third kappa shape index (κ3) is 4.41. The minimum absolute atomic E-state index is 0.133. The van der Waals surface area contributed by atoms with E-state index in [0.29, 0.717) is 19.1 Å². The number of hydrogen-bond acceptors (Lipinski definition) is 4. The van der Waals surface area contributed by atoms with Crippen LogP contribution in [0.3, 0.4) is 0 Å². The molecular formula is C17H33NO3. The molecule has 1 aliphatic heterocycles. The van der Waals surface area contributed by atoms with Crippen LogP contribution in [0.1, 0.15) is 59.3 Å². The van der Waals surface area contributed by atoms with Crippen LogP contribution in [0.15, 0.2) is 0 Å². The van der Waals surface area contributed by atoms with Crippen molar-refractivity contribution in [3.05, 3.63) is 0 Å². The van der Waals surface area contributed by atoms with Crippen molar-refractivity contribution >= 4 is 0 Å². The molecule has 2 unspecified atom stereocenters. The molecule has 2 aliphatic rings. The van der Waals surface area contributed by atoms with Gasteiger partial charge in [-0.3, -0.25) is 0 Å². The van der Waals surface area contributed by atoms with Gasteiger partial charge in [-0.2, -0.15) is 0 Å². The van der Waals surface area contributed by atoms with Gasteiger partial charge in [-0.05, 0) is 64.8 Å². The molecule has 0 aromatic heterocycles. The third-order valence-electron chi connectivity index (χ3n) is 4.89. The highest BCUT2D eigenvalue weighted by Gasteiger charge is 2.45. The molecule has 2 atom stereocenters. The van der Waals surface area contributed by atoms with Crippen LogP contribution in [0.2, 0.25) is 0 Å². The summed E-state index contributed by atoms with van der Waals surface area (Å²) >= 11 is 0. The monoisotopic (exact) mass is 299 g/mol. The van der Waals surface area contributed by atoms with E-state index in [1.807, 2.05) is 13.8 Å². The van der Waals surface area contributed by atoms with Crippen molar-refractivity contribution in [1.82, 2.24) is 5.32 Å². The van der Waals surface area contributed by atoms with E-state index < -0.39 is 0 Å². The molecule has 1 aliphatic carbocycles. The lowest BCUT2D eigenvalue weighted by Crippen LogP contribution is -2.54. The van der Waals surface area contributed by atoms with Gasteiger partial charge < -0.3 is 19.5 Å². The minimum Gasteiger partial charge on any atom is -0.375 e. The Morgan fingerprint density at radius 3 is 2.43 bits per heavy atom. The van der Waals surface area contributed by atoms with E-state index in [1.165, 1.54) is 19.3 Å². The predicted octanol–water partition coefficient (Wildman–Crippen LogP) is 3.10. The maximum absolute atomic E-state index is 6.08. The molecule has 4 nitrogen and oxygen atoms in total. The van der Waals surface area contributed by atoms with E-state index in [1.54, 1.807) is 0 Å². The van der Waals surface area contributed by atoms with Crippen molar-refractivity contribution in [3.63, 3.8) is 0 Å². The Balaban J connectivity index is 2.01. The summed E-state index contributed by atoms with van der Waals surface area (Å²) < 4.78 is 17.9. The van der Waals surface area contributed by atoms with Crippen LogP contribution in [0.25, 0.3) is 0 Å². The van der Waals surface area contributed by atoms with E-state index in [4.69, 9.17) is 14.2 Å². The summed E-state index contributed by atoms with van der Waals surface area (Å²) in [4.78, 5) is 0. The second-order valence-electron chi connectivity index (χ2n) is 6.40. The van der Waals surface area contributed by atoms with Crippen molar-refractivity contribution < 1.29 is 14.2 Å². The largest absolute Gasteiger partial charge is 0.375 e. The third-order valence-corrected chi connectivity index (χ3v) is 4.89. The molecule has 0 aromatic rings. The molecule has 0 aromatic carbocycles. The summed E-state index contributed by atoms with van der Waals surface area (Å²) in [6, 6.07) is 0.284. The average Bonchev–Trinajstić information content (AvgIpc) is 2.47. The first-order valence-electron chi connectivity index (χ1n) is 8.85. The number of ether oxygens (including phenoxy) is 3. The van der Waals surface area contributed by atoms with Gasteiger partial charge >= 0.3 is 0 Å². The first-order valence-corrected chi connectivity index (χ1v) is 8.85. The highest BCUT2D eigenvalue weighted by atomic mass is 16.7. The summed E-state index contributed by atoms with van der Waals surface area (Å²) in [7, 11) is 0. The average molecular weight is 299 g/mol. The van der Waals surface area contributed by atoms with Gasteiger partial charge in [0.25, 0.3) is 0 Å². The molecule has 21 heavy (non-hydrogen) atoms. The molecule has 1 N–H and O–H groups in total. The Kier molecular flexibility index (Phi) is 6.93. The van der Waals surface area contributed by atoms with Crippen LogP contribution in [0.4, 0.5) is 0 Å². The summed E-state index contributed by atoms with van der Waals surface area (Å²) in [5.74, 6) is 0.591. The van der Waals surface area contributed by atoms with Gasteiger partial charge in [0.15, 0.2) is 6.29 Å². The van der Waals surface area contributed by atoms with E-state index in [2.05, 4.69) is 12.2 Å². The van der Waals surface area contributed by atoms with E-state index in [0.717, 1.165) is 32.4 Å². The van der Waals surface area contributed by atoms with Crippen molar-refractivity contribution in [1.29, 1.82) is 0 Å².